The van der Waals surface area contributed by atoms with Crippen LogP contribution < -0.4 is 14.5 Å². The summed E-state index contributed by atoms with van der Waals surface area (Å²) in [6.07, 6.45) is 2.35. The molecule has 2 saturated heterocycles. The Morgan fingerprint density at radius 1 is 1.09 bits per heavy atom. The number of aromatic nitrogens is 2. The smallest absolute Gasteiger partial charge is 0.245 e. The van der Waals surface area contributed by atoms with E-state index in [2.05, 4.69) is 20.2 Å². The van der Waals surface area contributed by atoms with Crippen LogP contribution in [-0.2, 0) is 11.2 Å². The van der Waals surface area contributed by atoms with E-state index in [0.717, 1.165) is 54.6 Å². The number of halogens is 1. The van der Waals surface area contributed by atoms with Gasteiger partial charge in [-0.05, 0) is 49.6 Å². The molecule has 0 saturated carbocycles. The number of para-hydroxylation sites is 2. The summed E-state index contributed by atoms with van der Waals surface area (Å²) in [6.45, 7) is 6.37. The Balaban J connectivity index is 1.21. The van der Waals surface area contributed by atoms with Crippen molar-refractivity contribution in [3.05, 3.63) is 65.7 Å². The Morgan fingerprint density at radius 2 is 1.86 bits per heavy atom. The zero-order valence-corrected chi connectivity index (χ0v) is 20.7. The van der Waals surface area contributed by atoms with Gasteiger partial charge in [-0.3, -0.25) is 4.79 Å². The summed E-state index contributed by atoms with van der Waals surface area (Å²) in [4.78, 5) is 24.6. The van der Waals surface area contributed by atoms with Crippen LogP contribution in [0.4, 0.5) is 15.2 Å². The van der Waals surface area contributed by atoms with E-state index < -0.39 is 0 Å². The largest absolute Gasteiger partial charge is 0.492 e. The van der Waals surface area contributed by atoms with E-state index in [0.29, 0.717) is 31.9 Å². The van der Waals surface area contributed by atoms with E-state index in [9.17, 15) is 9.18 Å². The van der Waals surface area contributed by atoms with Gasteiger partial charge in [0.1, 0.15) is 23.4 Å². The van der Waals surface area contributed by atoms with Gasteiger partial charge < -0.3 is 19.4 Å². The molecule has 0 N–H and O–H groups in total. The van der Waals surface area contributed by atoms with Gasteiger partial charge in [-0.2, -0.15) is 4.37 Å². The first-order chi connectivity index (χ1) is 17.1. The van der Waals surface area contributed by atoms with Crippen LogP contribution in [0.3, 0.4) is 0 Å². The summed E-state index contributed by atoms with van der Waals surface area (Å²) in [6, 6.07) is 14.3. The molecule has 9 heteroatoms. The number of ether oxygens (including phenoxy) is 1. The molecular weight excluding hydrogens is 465 g/mol. The van der Waals surface area contributed by atoms with E-state index in [1.807, 2.05) is 30.0 Å². The van der Waals surface area contributed by atoms with Crippen LogP contribution in [0.25, 0.3) is 0 Å². The molecule has 1 amide bonds. The maximum absolute atomic E-state index is 13.5. The lowest BCUT2D eigenvalue weighted by Crippen LogP contribution is -2.54. The first-order valence-electron chi connectivity index (χ1n) is 12.2. The van der Waals surface area contributed by atoms with Crippen LogP contribution in [0.1, 0.15) is 31.2 Å². The van der Waals surface area contributed by atoms with Crippen molar-refractivity contribution >= 4 is 28.3 Å². The standard InChI is InChI=1S/C26H30FN5O2S/c1-2-34-23-8-4-3-6-21(23)30-14-16-31(17-15-30)25(33)22-7-5-13-32(22)26-28-24(29-35-26)18-19-9-11-20(27)12-10-19/h3-4,6,8-12,22H,2,5,7,13-18H2,1H3. The minimum atomic E-state index is -0.251. The topological polar surface area (TPSA) is 61.8 Å². The third-order valence-corrected chi connectivity index (χ3v) is 7.40. The van der Waals surface area contributed by atoms with Crippen LogP contribution in [0.2, 0.25) is 0 Å². The van der Waals surface area contributed by atoms with Gasteiger partial charge in [-0.25, -0.2) is 9.37 Å². The Hall–Kier alpha value is -3.20. The second-order valence-electron chi connectivity index (χ2n) is 8.86. The Labute approximate surface area is 209 Å². The minimum absolute atomic E-state index is 0.176. The van der Waals surface area contributed by atoms with Crippen LogP contribution >= 0.6 is 11.5 Å². The van der Waals surface area contributed by atoms with Crippen molar-refractivity contribution in [3.8, 4) is 5.75 Å². The van der Waals surface area contributed by atoms with Crippen LogP contribution in [0.5, 0.6) is 5.75 Å². The fraction of sp³-hybridized carbons (Fsp3) is 0.423. The van der Waals surface area contributed by atoms with E-state index in [1.165, 1.54) is 23.7 Å². The first-order valence-corrected chi connectivity index (χ1v) is 13.0. The predicted molar refractivity (Wildman–Crippen MR) is 136 cm³/mol. The lowest BCUT2D eigenvalue weighted by Gasteiger charge is -2.38. The second kappa shape index (κ2) is 10.6. The van der Waals surface area contributed by atoms with Gasteiger partial charge in [-0.15, -0.1) is 0 Å². The summed E-state index contributed by atoms with van der Waals surface area (Å²) < 4.78 is 23.5. The molecule has 2 fully saturated rings. The van der Waals surface area contributed by atoms with Crippen LogP contribution in [-0.4, -0.2) is 65.5 Å². The molecule has 1 unspecified atom stereocenters. The van der Waals surface area contributed by atoms with Crippen molar-refractivity contribution in [3.63, 3.8) is 0 Å². The van der Waals surface area contributed by atoms with Crippen molar-refractivity contribution < 1.29 is 13.9 Å². The molecule has 0 bridgehead atoms. The van der Waals surface area contributed by atoms with E-state index in [-0.39, 0.29) is 17.8 Å². The highest BCUT2D eigenvalue weighted by Crippen LogP contribution is 2.31. The number of hydrogen-bond acceptors (Lipinski definition) is 7. The molecule has 1 aromatic heterocycles. The number of carbonyl (C=O) groups excluding carboxylic acids is 1. The molecule has 2 aliphatic heterocycles. The number of rotatable bonds is 7. The van der Waals surface area contributed by atoms with Gasteiger partial charge in [0, 0.05) is 50.7 Å². The van der Waals surface area contributed by atoms with Crippen molar-refractivity contribution in [2.45, 2.75) is 32.2 Å². The van der Waals surface area contributed by atoms with Gasteiger partial charge in [0.2, 0.25) is 11.0 Å². The number of piperazine rings is 1. The Bertz CT molecular complexity index is 1150. The highest BCUT2D eigenvalue weighted by atomic mass is 32.1. The summed E-state index contributed by atoms with van der Waals surface area (Å²) in [5.41, 5.74) is 2.06. The maximum Gasteiger partial charge on any atom is 0.245 e. The zero-order valence-electron chi connectivity index (χ0n) is 19.9. The summed E-state index contributed by atoms with van der Waals surface area (Å²) >= 11 is 1.34. The molecule has 3 heterocycles. The summed E-state index contributed by atoms with van der Waals surface area (Å²) in [7, 11) is 0. The molecule has 7 nitrogen and oxygen atoms in total. The van der Waals surface area contributed by atoms with Crippen molar-refractivity contribution in [1.29, 1.82) is 0 Å². The second-order valence-corrected chi connectivity index (χ2v) is 9.59. The molecule has 2 aliphatic rings. The zero-order chi connectivity index (χ0) is 24.2. The molecular formula is C26H30FN5O2S. The maximum atomic E-state index is 13.5. The molecule has 0 aliphatic carbocycles. The normalized spacial score (nSPS) is 18.2. The number of carbonyl (C=O) groups is 1. The number of hydrogen-bond donors (Lipinski definition) is 0. The Kier molecular flexibility index (Phi) is 7.13. The molecule has 3 aromatic rings. The van der Waals surface area contributed by atoms with Crippen LogP contribution in [0.15, 0.2) is 48.5 Å². The highest BCUT2D eigenvalue weighted by molar-refractivity contribution is 7.09. The summed E-state index contributed by atoms with van der Waals surface area (Å²) in [5, 5.41) is 0.794. The van der Waals surface area contributed by atoms with Crippen molar-refractivity contribution in [2.24, 2.45) is 0 Å². The Morgan fingerprint density at radius 3 is 2.63 bits per heavy atom. The lowest BCUT2D eigenvalue weighted by molar-refractivity contribution is -0.132. The summed E-state index contributed by atoms with van der Waals surface area (Å²) in [5.74, 6) is 1.52. The lowest BCUT2D eigenvalue weighted by atomic mass is 10.1. The van der Waals surface area contributed by atoms with E-state index >= 15 is 0 Å². The third kappa shape index (κ3) is 5.24. The molecule has 35 heavy (non-hydrogen) atoms. The molecule has 1 atom stereocenters. The van der Waals surface area contributed by atoms with E-state index in [1.54, 1.807) is 12.1 Å². The quantitative estimate of drug-likeness (QED) is 0.494. The molecule has 0 radical (unpaired) electrons. The number of amides is 1. The fourth-order valence-electron chi connectivity index (χ4n) is 4.84. The average Bonchev–Trinajstić information content (AvgIpc) is 3.55. The van der Waals surface area contributed by atoms with Gasteiger partial charge >= 0.3 is 0 Å². The van der Waals surface area contributed by atoms with Crippen molar-refractivity contribution in [1.82, 2.24) is 14.3 Å². The third-order valence-electron chi connectivity index (χ3n) is 6.61. The van der Waals surface area contributed by atoms with Crippen molar-refractivity contribution in [2.75, 3.05) is 49.1 Å². The molecule has 0 spiro atoms. The van der Waals surface area contributed by atoms with Gasteiger partial charge in [-0.1, -0.05) is 24.3 Å². The SMILES string of the molecule is CCOc1ccccc1N1CCN(C(=O)C2CCCN2c2nc(Cc3ccc(F)cc3)ns2)CC1. The monoisotopic (exact) mass is 495 g/mol. The van der Waals surface area contributed by atoms with Crippen LogP contribution in [0, 0.1) is 5.82 Å². The minimum Gasteiger partial charge on any atom is -0.492 e. The van der Waals surface area contributed by atoms with Gasteiger partial charge in [0.15, 0.2) is 0 Å². The highest BCUT2D eigenvalue weighted by Gasteiger charge is 2.36. The fourth-order valence-corrected chi connectivity index (χ4v) is 5.61. The number of anilines is 2. The predicted octanol–water partition coefficient (Wildman–Crippen LogP) is 3.98. The number of nitrogens with zero attached hydrogens (tertiary/aromatic N) is 5. The first kappa shape index (κ1) is 23.5. The molecule has 5 rings (SSSR count). The van der Waals surface area contributed by atoms with E-state index in [4.69, 9.17) is 9.72 Å². The van der Waals surface area contributed by atoms with Gasteiger partial charge in [0.25, 0.3) is 0 Å². The number of benzene rings is 2. The molecule has 184 valence electrons. The average molecular weight is 496 g/mol. The molecule has 2 aromatic carbocycles. The van der Waals surface area contributed by atoms with Gasteiger partial charge in [0.05, 0.1) is 12.3 Å².